The minimum absolute atomic E-state index is 0.397. The number of nitrogens with one attached hydrogen (secondary N) is 1. The number of thiocarbonyl (C=S) groups is 1. The van der Waals surface area contributed by atoms with Crippen molar-refractivity contribution in [3.8, 4) is 0 Å². The SMILES string of the molecule is NC(=S)c1ccc(Nc2ccccc2Cl)cc1. The highest BCUT2D eigenvalue weighted by atomic mass is 35.5. The van der Waals surface area contributed by atoms with Crippen molar-refractivity contribution in [2.75, 3.05) is 5.32 Å². The zero-order valence-corrected chi connectivity index (χ0v) is 10.6. The first-order valence-corrected chi connectivity index (χ1v) is 5.87. The molecule has 0 bridgehead atoms. The lowest BCUT2D eigenvalue weighted by Gasteiger charge is -2.08. The lowest BCUT2D eigenvalue weighted by atomic mass is 10.2. The van der Waals surface area contributed by atoms with E-state index >= 15 is 0 Å². The Morgan fingerprint density at radius 2 is 1.71 bits per heavy atom. The van der Waals surface area contributed by atoms with Gasteiger partial charge in [-0.05, 0) is 36.4 Å². The molecule has 0 aliphatic rings. The number of halogens is 1. The van der Waals surface area contributed by atoms with E-state index in [1.165, 1.54) is 0 Å². The number of nitrogens with two attached hydrogens (primary N) is 1. The summed E-state index contributed by atoms with van der Waals surface area (Å²) in [5, 5.41) is 3.91. The smallest absolute Gasteiger partial charge is 0.103 e. The van der Waals surface area contributed by atoms with Crippen LogP contribution in [0.4, 0.5) is 11.4 Å². The number of rotatable bonds is 3. The number of anilines is 2. The van der Waals surface area contributed by atoms with Gasteiger partial charge in [-0.2, -0.15) is 0 Å². The van der Waals surface area contributed by atoms with E-state index in [-0.39, 0.29) is 0 Å². The Morgan fingerprint density at radius 3 is 2.29 bits per heavy atom. The second kappa shape index (κ2) is 5.17. The fourth-order valence-electron chi connectivity index (χ4n) is 1.44. The first kappa shape index (κ1) is 11.9. The van der Waals surface area contributed by atoms with Gasteiger partial charge < -0.3 is 11.1 Å². The molecule has 3 N–H and O–H groups in total. The van der Waals surface area contributed by atoms with E-state index in [4.69, 9.17) is 29.6 Å². The third-order valence-corrected chi connectivity index (χ3v) is 2.89. The first-order chi connectivity index (χ1) is 8.16. The van der Waals surface area contributed by atoms with Crippen LogP contribution >= 0.6 is 23.8 Å². The van der Waals surface area contributed by atoms with Gasteiger partial charge in [0.15, 0.2) is 0 Å². The zero-order valence-electron chi connectivity index (χ0n) is 8.98. The van der Waals surface area contributed by atoms with Gasteiger partial charge in [-0.3, -0.25) is 0 Å². The van der Waals surface area contributed by atoms with Crippen LogP contribution < -0.4 is 11.1 Å². The molecule has 0 aromatic heterocycles. The van der Waals surface area contributed by atoms with Gasteiger partial charge in [0.05, 0.1) is 10.7 Å². The van der Waals surface area contributed by atoms with Crippen LogP contribution in [0, 0.1) is 0 Å². The molecule has 0 heterocycles. The Hall–Kier alpha value is -1.58. The monoisotopic (exact) mass is 262 g/mol. The third kappa shape index (κ3) is 2.96. The predicted octanol–water partition coefficient (Wildman–Crippen LogP) is 3.72. The maximum Gasteiger partial charge on any atom is 0.103 e. The minimum Gasteiger partial charge on any atom is -0.389 e. The molecule has 0 saturated heterocycles. The van der Waals surface area contributed by atoms with Crippen molar-refractivity contribution in [2.24, 2.45) is 5.73 Å². The number of hydrogen-bond donors (Lipinski definition) is 2. The van der Waals surface area contributed by atoms with Crippen molar-refractivity contribution in [1.82, 2.24) is 0 Å². The van der Waals surface area contributed by atoms with Crippen LogP contribution in [-0.2, 0) is 0 Å². The molecule has 0 aliphatic carbocycles. The molecule has 0 spiro atoms. The maximum atomic E-state index is 6.05. The second-order valence-electron chi connectivity index (χ2n) is 3.55. The Morgan fingerprint density at radius 1 is 1.06 bits per heavy atom. The summed E-state index contributed by atoms with van der Waals surface area (Å²) in [6.45, 7) is 0. The number of hydrogen-bond acceptors (Lipinski definition) is 2. The Bertz CT molecular complexity index is 537. The third-order valence-electron chi connectivity index (χ3n) is 2.32. The normalized spacial score (nSPS) is 9.94. The van der Waals surface area contributed by atoms with E-state index in [0.717, 1.165) is 16.9 Å². The molecule has 2 rings (SSSR count). The molecular weight excluding hydrogens is 252 g/mol. The number of benzene rings is 2. The zero-order chi connectivity index (χ0) is 12.3. The Balaban J connectivity index is 2.20. The quantitative estimate of drug-likeness (QED) is 0.828. The molecule has 0 atom stereocenters. The van der Waals surface area contributed by atoms with Crippen molar-refractivity contribution in [1.29, 1.82) is 0 Å². The molecule has 86 valence electrons. The second-order valence-corrected chi connectivity index (χ2v) is 4.39. The highest BCUT2D eigenvalue weighted by Crippen LogP contribution is 2.24. The highest BCUT2D eigenvalue weighted by Gasteiger charge is 2.00. The van der Waals surface area contributed by atoms with E-state index in [2.05, 4.69) is 5.32 Å². The molecule has 0 unspecified atom stereocenters. The van der Waals surface area contributed by atoms with Gasteiger partial charge in [0, 0.05) is 11.3 Å². The van der Waals surface area contributed by atoms with E-state index in [1.807, 2.05) is 48.5 Å². The molecule has 4 heteroatoms. The van der Waals surface area contributed by atoms with Gasteiger partial charge in [0.2, 0.25) is 0 Å². The van der Waals surface area contributed by atoms with E-state index in [9.17, 15) is 0 Å². The van der Waals surface area contributed by atoms with Crippen LogP contribution in [0.15, 0.2) is 48.5 Å². The molecule has 0 radical (unpaired) electrons. The molecule has 0 aliphatic heterocycles. The van der Waals surface area contributed by atoms with Crippen molar-refractivity contribution in [2.45, 2.75) is 0 Å². The molecule has 2 aromatic rings. The van der Waals surface area contributed by atoms with Crippen molar-refractivity contribution >= 4 is 40.2 Å². The van der Waals surface area contributed by atoms with Crippen LogP contribution in [0.25, 0.3) is 0 Å². The summed E-state index contributed by atoms with van der Waals surface area (Å²) < 4.78 is 0. The van der Waals surface area contributed by atoms with Crippen LogP contribution in [0.5, 0.6) is 0 Å². The minimum atomic E-state index is 0.397. The van der Waals surface area contributed by atoms with E-state index in [1.54, 1.807) is 0 Å². The standard InChI is InChI=1S/C13H11ClN2S/c14-11-3-1-2-4-12(11)16-10-7-5-9(6-8-10)13(15)17/h1-8,16H,(H2,15,17). The Kier molecular flexibility index (Phi) is 3.61. The molecule has 17 heavy (non-hydrogen) atoms. The van der Waals surface area contributed by atoms with Gasteiger partial charge in [-0.15, -0.1) is 0 Å². The van der Waals surface area contributed by atoms with Crippen LogP contribution in [-0.4, -0.2) is 4.99 Å². The van der Waals surface area contributed by atoms with Gasteiger partial charge in [0.1, 0.15) is 4.99 Å². The van der Waals surface area contributed by atoms with Crippen LogP contribution in [0.2, 0.25) is 5.02 Å². The molecule has 2 aromatic carbocycles. The van der Waals surface area contributed by atoms with E-state index in [0.29, 0.717) is 10.0 Å². The summed E-state index contributed by atoms with van der Waals surface area (Å²) in [5.41, 5.74) is 8.20. The summed E-state index contributed by atoms with van der Waals surface area (Å²) in [4.78, 5) is 0.397. The van der Waals surface area contributed by atoms with Gasteiger partial charge in [-0.25, -0.2) is 0 Å². The van der Waals surface area contributed by atoms with Crippen molar-refractivity contribution in [3.05, 3.63) is 59.1 Å². The molecule has 2 nitrogen and oxygen atoms in total. The predicted molar refractivity (Wildman–Crippen MR) is 77.1 cm³/mol. The summed E-state index contributed by atoms with van der Waals surface area (Å²) in [6, 6.07) is 15.2. The summed E-state index contributed by atoms with van der Waals surface area (Å²) in [7, 11) is 0. The highest BCUT2D eigenvalue weighted by molar-refractivity contribution is 7.80. The fraction of sp³-hybridized carbons (Fsp3) is 0. The molecule has 0 amide bonds. The largest absolute Gasteiger partial charge is 0.389 e. The summed E-state index contributed by atoms with van der Waals surface area (Å²) in [5.74, 6) is 0. The van der Waals surface area contributed by atoms with Crippen molar-refractivity contribution < 1.29 is 0 Å². The van der Waals surface area contributed by atoms with Gasteiger partial charge in [-0.1, -0.05) is 36.0 Å². The summed E-state index contributed by atoms with van der Waals surface area (Å²) in [6.07, 6.45) is 0. The average molecular weight is 263 g/mol. The molecule has 0 fully saturated rings. The average Bonchev–Trinajstić information content (AvgIpc) is 2.33. The van der Waals surface area contributed by atoms with Crippen LogP contribution in [0.3, 0.4) is 0 Å². The van der Waals surface area contributed by atoms with Crippen LogP contribution in [0.1, 0.15) is 5.56 Å². The van der Waals surface area contributed by atoms with Crippen molar-refractivity contribution in [3.63, 3.8) is 0 Å². The molecule has 0 saturated carbocycles. The van der Waals surface area contributed by atoms with Gasteiger partial charge in [0.25, 0.3) is 0 Å². The van der Waals surface area contributed by atoms with E-state index < -0.39 is 0 Å². The lowest BCUT2D eigenvalue weighted by Crippen LogP contribution is -2.08. The van der Waals surface area contributed by atoms with Gasteiger partial charge >= 0.3 is 0 Å². The maximum absolute atomic E-state index is 6.05. The lowest BCUT2D eigenvalue weighted by molar-refractivity contribution is 1.53. The topological polar surface area (TPSA) is 38.0 Å². The molecular formula is C13H11ClN2S. The summed E-state index contributed by atoms with van der Waals surface area (Å²) >= 11 is 10.9. The number of para-hydroxylation sites is 1. The fourth-order valence-corrected chi connectivity index (χ4v) is 1.75. The Labute approximate surface area is 110 Å². The first-order valence-electron chi connectivity index (χ1n) is 5.08.